The van der Waals surface area contributed by atoms with Gasteiger partial charge in [0.05, 0.1) is 0 Å². The van der Waals surface area contributed by atoms with Gasteiger partial charge in [-0.1, -0.05) is 13.8 Å². The number of aliphatic carboxylic acids is 1. The highest BCUT2D eigenvalue weighted by atomic mass is 32.2. The van der Waals surface area contributed by atoms with Crippen molar-refractivity contribution in [3.8, 4) is 0 Å². The first-order valence-corrected chi connectivity index (χ1v) is 6.50. The van der Waals surface area contributed by atoms with Crippen molar-refractivity contribution in [2.75, 3.05) is 5.75 Å². The molecule has 4 heteroatoms. The SMILES string of the molecule is CC(C)CCS(=O)C(C(=O)O)C1CC1. The zero-order valence-corrected chi connectivity index (χ0v) is 9.55. The van der Waals surface area contributed by atoms with Crippen molar-refractivity contribution in [2.24, 2.45) is 11.8 Å². The summed E-state index contributed by atoms with van der Waals surface area (Å²) >= 11 is 0. The van der Waals surface area contributed by atoms with Crippen LogP contribution in [0.5, 0.6) is 0 Å². The van der Waals surface area contributed by atoms with Gasteiger partial charge in [-0.25, -0.2) is 0 Å². The zero-order valence-electron chi connectivity index (χ0n) is 8.73. The van der Waals surface area contributed by atoms with Crippen LogP contribution in [0.3, 0.4) is 0 Å². The Morgan fingerprint density at radius 2 is 2.07 bits per heavy atom. The van der Waals surface area contributed by atoms with Crippen molar-refractivity contribution >= 4 is 16.8 Å². The molecule has 82 valence electrons. The number of hydrogen-bond acceptors (Lipinski definition) is 2. The van der Waals surface area contributed by atoms with Gasteiger partial charge >= 0.3 is 5.97 Å². The van der Waals surface area contributed by atoms with Crippen molar-refractivity contribution in [3.05, 3.63) is 0 Å². The molecule has 0 aromatic carbocycles. The lowest BCUT2D eigenvalue weighted by Crippen LogP contribution is -2.29. The molecule has 2 unspecified atom stereocenters. The molecule has 0 saturated heterocycles. The van der Waals surface area contributed by atoms with E-state index in [9.17, 15) is 9.00 Å². The Labute approximate surface area is 87.3 Å². The summed E-state index contributed by atoms with van der Waals surface area (Å²) in [4.78, 5) is 10.9. The van der Waals surface area contributed by atoms with Crippen LogP contribution in [0, 0.1) is 11.8 Å². The second-order valence-corrected chi connectivity index (χ2v) is 6.04. The molecule has 3 nitrogen and oxygen atoms in total. The van der Waals surface area contributed by atoms with Crippen LogP contribution in [0.2, 0.25) is 0 Å². The lowest BCUT2D eigenvalue weighted by atomic mass is 10.2. The molecule has 0 aromatic rings. The van der Waals surface area contributed by atoms with Crippen molar-refractivity contribution < 1.29 is 14.1 Å². The van der Waals surface area contributed by atoms with Crippen molar-refractivity contribution in [1.29, 1.82) is 0 Å². The van der Waals surface area contributed by atoms with E-state index in [-0.39, 0.29) is 5.92 Å². The Balaban J connectivity index is 2.43. The third-order valence-electron chi connectivity index (χ3n) is 2.47. The molecule has 0 aliphatic heterocycles. The summed E-state index contributed by atoms with van der Waals surface area (Å²) in [5.74, 6) is 0.327. The molecule has 1 aliphatic rings. The van der Waals surface area contributed by atoms with Gasteiger partial charge in [-0.3, -0.25) is 9.00 Å². The molecule has 0 radical (unpaired) electrons. The van der Waals surface area contributed by atoms with Crippen LogP contribution in [0.4, 0.5) is 0 Å². The maximum absolute atomic E-state index is 11.7. The van der Waals surface area contributed by atoms with Crippen LogP contribution in [-0.4, -0.2) is 26.3 Å². The monoisotopic (exact) mass is 218 g/mol. The van der Waals surface area contributed by atoms with Crippen LogP contribution < -0.4 is 0 Å². The number of rotatable bonds is 6. The molecule has 0 aromatic heterocycles. The number of carboxylic acids is 1. The zero-order chi connectivity index (χ0) is 10.7. The molecule has 1 fully saturated rings. The standard InChI is InChI=1S/C10H18O3S/c1-7(2)5-6-14(13)9(10(11)12)8-3-4-8/h7-9H,3-6H2,1-2H3,(H,11,12). The quantitative estimate of drug-likeness (QED) is 0.737. The Kier molecular flexibility index (Phi) is 4.11. The largest absolute Gasteiger partial charge is 0.480 e. The third-order valence-corrected chi connectivity index (χ3v) is 4.26. The highest BCUT2D eigenvalue weighted by Crippen LogP contribution is 2.35. The molecular formula is C10H18O3S. The Morgan fingerprint density at radius 3 is 2.43 bits per heavy atom. The molecule has 14 heavy (non-hydrogen) atoms. The van der Waals surface area contributed by atoms with Crippen LogP contribution in [0.25, 0.3) is 0 Å². The highest BCUT2D eigenvalue weighted by molar-refractivity contribution is 7.86. The van der Waals surface area contributed by atoms with Gasteiger partial charge in [-0.2, -0.15) is 0 Å². The fourth-order valence-electron chi connectivity index (χ4n) is 1.41. The molecular weight excluding hydrogens is 200 g/mol. The molecule has 1 saturated carbocycles. The molecule has 0 spiro atoms. The lowest BCUT2D eigenvalue weighted by Gasteiger charge is -2.11. The topological polar surface area (TPSA) is 54.4 Å². The first-order chi connectivity index (χ1) is 6.52. The number of carbonyl (C=O) groups is 1. The van der Waals surface area contributed by atoms with E-state index < -0.39 is 22.0 Å². The van der Waals surface area contributed by atoms with Gasteiger partial charge in [0.15, 0.2) is 0 Å². The maximum Gasteiger partial charge on any atom is 0.319 e. The predicted octanol–water partition coefficient (Wildman–Crippen LogP) is 1.64. The molecule has 0 amide bonds. The summed E-state index contributed by atoms with van der Waals surface area (Å²) in [6, 6.07) is 0. The molecule has 1 aliphatic carbocycles. The highest BCUT2D eigenvalue weighted by Gasteiger charge is 2.40. The minimum atomic E-state index is -1.18. The minimum Gasteiger partial charge on any atom is -0.480 e. The van der Waals surface area contributed by atoms with E-state index in [1.807, 2.05) is 0 Å². The molecule has 2 atom stereocenters. The summed E-state index contributed by atoms with van der Waals surface area (Å²) in [6.07, 6.45) is 2.72. The van der Waals surface area contributed by atoms with E-state index in [2.05, 4.69) is 13.8 Å². The summed E-state index contributed by atoms with van der Waals surface area (Å²) in [5.41, 5.74) is 0. The second-order valence-electron chi connectivity index (χ2n) is 4.36. The molecule has 0 bridgehead atoms. The number of carboxylic acid groups (broad SMARTS) is 1. The Morgan fingerprint density at radius 1 is 1.50 bits per heavy atom. The van der Waals surface area contributed by atoms with Gasteiger partial charge in [-0.05, 0) is 31.1 Å². The fourth-order valence-corrected chi connectivity index (χ4v) is 3.29. The summed E-state index contributed by atoms with van der Waals surface area (Å²) in [5, 5.41) is 8.32. The number of hydrogen-bond donors (Lipinski definition) is 1. The van der Waals surface area contributed by atoms with Gasteiger partial charge in [0.1, 0.15) is 5.25 Å². The van der Waals surface area contributed by atoms with E-state index in [4.69, 9.17) is 5.11 Å². The van der Waals surface area contributed by atoms with Crippen molar-refractivity contribution in [2.45, 2.75) is 38.4 Å². The predicted molar refractivity (Wildman–Crippen MR) is 56.6 cm³/mol. The summed E-state index contributed by atoms with van der Waals surface area (Å²) in [7, 11) is -1.18. The summed E-state index contributed by atoms with van der Waals surface area (Å²) < 4.78 is 11.7. The third kappa shape index (κ3) is 3.40. The van der Waals surface area contributed by atoms with E-state index in [0.717, 1.165) is 19.3 Å². The van der Waals surface area contributed by atoms with E-state index in [1.165, 1.54) is 0 Å². The van der Waals surface area contributed by atoms with Crippen LogP contribution >= 0.6 is 0 Å². The van der Waals surface area contributed by atoms with Crippen molar-refractivity contribution in [1.82, 2.24) is 0 Å². The van der Waals surface area contributed by atoms with Gasteiger partial charge in [0, 0.05) is 16.6 Å². The van der Waals surface area contributed by atoms with Gasteiger partial charge in [0.2, 0.25) is 0 Å². The maximum atomic E-state index is 11.7. The molecule has 1 rings (SSSR count). The first-order valence-electron chi connectivity index (χ1n) is 5.12. The minimum absolute atomic E-state index is 0.181. The van der Waals surface area contributed by atoms with E-state index in [0.29, 0.717) is 11.7 Å². The Bertz CT molecular complexity index is 234. The second kappa shape index (κ2) is 4.91. The normalized spacial score (nSPS) is 20.8. The van der Waals surface area contributed by atoms with Crippen LogP contribution in [0.1, 0.15) is 33.1 Å². The van der Waals surface area contributed by atoms with E-state index >= 15 is 0 Å². The summed E-state index contributed by atoms with van der Waals surface area (Å²) in [6.45, 7) is 4.12. The van der Waals surface area contributed by atoms with Gasteiger partial charge < -0.3 is 5.11 Å². The molecule has 1 N–H and O–H groups in total. The van der Waals surface area contributed by atoms with E-state index in [1.54, 1.807) is 0 Å². The van der Waals surface area contributed by atoms with Crippen LogP contribution in [-0.2, 0) is 15.6 Å². The smallest absolute Gasteiger partial charge is 0.319 e. The van der Waals surface area contributed by atoms with Crippen molar-refractivity contribution in [3.63, 3.8) is 0 Å². The van der Waals surface area contributed by atoms with Gasteiger partial charge in [-0.15, -0.1) is 0 Å². The fraction of sp³-hybridized carbons (Fsp3) is 0.900. The average molecular weight is 218 g/mol. The lowest BCUT2D eigenvalue weighted by molar-refractivity contribution is -0.136. The van der Waals surface area contributed by atoms with Gasteiger partial charge in [0.25, 0.3) is 0 Å². The van der Waals surface area contributed by atoms with Crippen LogP contribution in [0.15, 0.2) is 0 Å². The average Bonchev–Trinajstić information content (AvgIpc) is 2.84. The molecule has 0 heterocycles. The Hall–Kier alpha value is -0.380. The first kappa shape index (κ1) is 11.7.